The molecule has 8 nitrogen and oxygen atoms in total. The topological polar surface area (TPSA) is 103 Å². The highest BCUT2D eigenvalue weighted by Gasteiger charge is 2.18. The molecule has 0 amide bonds. The molecule has 3 aromatic rings. The minimum Gasteiger partial charge on any atom is -0.395 e. The van der Waals surface area contributed by atoms with Crippen LogP contribution in [0.2, 0.25) is 0 Å². The van der Waals surface area contributed by atoms with Gasteiger partial charge in [0, 0.05) is 18.3 Å². The number of para-hydroxylation sites is 1. The SMILES string of the molecule is CC(C)N(CCO)c1nc(Nc2ccccc2)c2[nH]nnc2n1. The maximum atomic E-state index is 9.28. The van der Waals surface area contributed by atoms with Gasteiger partial charge >= 0.3 is 0 Å². The molecular formula is C15H19N7O. The number of hydrogen-bond donors (Lipinski definition) is 3. The van der Waals surface area contributed by atoms with Crippen LogP contribution in [-0.4, -0.2) is 49.7 Å². The first-order valence-electron chi connectivity index (χ1n) is 7.47. The number of nitrogens with zero attached hydrogens (tertiary/aromatic N) is 5. The molecule has 0 fully saturated rings. The van der Waals surface area contributed by atoms with Crippen molar-refractivity contribution < 1.29 is 5.11 Å². The van der Waals surface area contributed by atoms with Crippen LogP contribution in [0.3, 0.4) is 0 Å². The van der Waals surface area contributed by atoms with Gasteiger partial charge in [-0.05, 0) is 26.0 Å². The summed E-state index contributed by atoms with van der Waals surface area (Å²) in [5.41, 5.74) is 2.04. The van der Waals surface area contributed by atoms with E-state index in [0.717, 1.165) is 5.69 Å². The normalized spacial score (nSPS) is 11.1. The Labute approximate surface area is 133 Å². The van der Waals surface area contributed by atoms with Crippen molar-refractivity contribution in [1.29, 1.82) is 0 Å². The van der Waals surface area contributed by atoms with Crippen LogP contribution >= 0.6 is 0 Å². The maximum Gasteiger partial charge on any atom is 0.229 e. The van der Waals surface area contributed by atoms with Crippen molar-refractivity contribution in [2.45, 2.75) is 19.9 Å². The van der Waals surface area contributed by atoms with E-state index in [1.807, 2.05) is 49.1 Å². The van der Waals surface area contributed by atoms with Crippen LogP contribution in [0.15, 0.2) is 30.3 Å². The van der Waals surface area contributed by atoms with Crippen LogP contribution < -0.4 is 10.2 Å². The minimum absolute atomic E-state index is 0.0276. The van der Waals surface area contributed by atoms with Crippen molar-refractivity contribution in [3.8, 4) is 0 Å². The van der Waals surface area contributed by atoms with Gasteiger partial charge in [0.25, 0.3) is 0 Å². The molecule has 0 bridgehead atoms. The number of anilines is 3. The molecular weight excluding hydrogens is 294 g/mol. The average Bonchev–Trinajstić information content (AvgIpc) is 3.02. The second-order valence-corrected chi connectivity index (χ2v) is 5.38. The number of hydrogen-bond acceptors (Lipinski definition) is 7. The summed E-state index contributed by atoms with van der Waals surface area (Å²) >= 11 is 0. The number of nitrogens with one attached hydrogen (secondary N) is 2. The fourth-order valence-corrected chi connectivity index (χ4v) is 2.31. The third-order valence-corrected chi connectivity index (χ3v) is 3.44. The molecule has 2 heterocycles. The summed E-state index contributed by atoms with van der Waals surface area (Å²) in [7, 11) is 0. The van der Waals surface area contributed by atoms with Gasteiger partial charge in [0.1, 0.15) is 5.52 Å². The monoisotopic (exact) mass is 313 g/mol. The quantitative estimate of drug-likeness (QED) is 0.636. The van der Waals surface area contributed by atoms with Crippen LogP contribution in [0.4, 0.5) is 17.5 Å². The van der Waals surface area contributed by atoms with E-state index in [1.54, 1.807) is 0 Å². The Hall–Kier alpha value is -2.74. The smallest absolute Gasteiger partial charge is 0.229 e. The third kappa shape index (κ3) is 3.21. The minimum atomic E-state index is 0.0276. The highest BCUT2D eigenvalue weighted by molar-refractivity contribution is 5.85. The van der Waals surface area contributed by atoms with Crippen LogP contribution in [0.25, 0.3) is 11.2 Å². The third-order valence-electron chi connectivity index (χ3n) is 3.44. The van der Waals surface area contributed by atoms with E-state index in [0.29, 0.717) is 29.5 Å². The zero-order valence-corrected chi connectivity index (χ0v) is 13.1. The number of fused-ring (bicyclic) bond motifs is 1. The molecule has 2 aromatic heterocycles. The number of rotatable bonds is 6. The van der Waals surface area contributed by atoms with Gasteiger partial charge in [-0.2, -0.15) is 9.97 Å². The van der Waals surface area contributed by atoms with Gasteiger partial charge in [0.2, 0.25) is 11.6 Å². The predicted octanol–water partition coefficient (Wildman–Crippen LogP) is 1.70. The molecule has 3 rings (SSSR count). The van der Waals surface area contributed by atoms with E-state index in [1.165, 1.54) is 0 Å². The van der Waals surface area contributed by atoms with Gasteiger partial charge in [-0.25, -0.2) is 0 Å². The van der Waals surface area contributed by atoms with E-state index >= 15 is 0 Å². The summed E-state index contributed by atoms with van der Waals surface area (Å²) in [6.45, 7) is 4.53. The summed E-state index contributed by atoms with van der Waals surface area (Å²) in [4.78, 5) is 10.9. The second kappa shape index (κ2) is 6.57. The van der Waals surface area contributed by atoms with Gasteiger partial charge in [-0.15, -0.1) is 5.10 Å². The van der Waals surface area contributed by atoms with Crippen LogP contribution in [0.1, 0.15) is 13.8 Å². The van der Waals surface area contributed by atoms with Crippen molar-refractivity contribution in [3.05, 3.63) is 30.3 Å². The van der Waals surface area contributed by atoms with E-state index in [4.69, 9.17) is 0 Å². The zero-order chi connectivity index (χ0) is 16.2. The lowest BCUT2D eigenvalue weighted by Crippen LogP contribution is -2.35. The molecule has 0 radical (unpaired) electrons. The number of aromatic amines is 1. The fourth-order valence-electron chi connectivity index (χ4n) is 2.31. The lowest BCUT2D eigenvalue weighted by Gasteiger charge is -2.26. The summed E-state index contributed by atoms with van der Waals surface area (Å²) < 4.78 is 0. The van der Waals surface area contributed by atoms with Crippen LogP contribution in [0, 0.1) is 0 Å². The Kier molecular flexibility index (Phi) is 4.33. The molecule has 0 aliphatic carbocycles. The Morgan fingerprint density at radius 3 is 2.70 bits per heavy atom. The van der Waals surface area contributed by atoms with E-state index in [-0.39, 0.29) is 12.6 Å². The first-order valence-corrected chi connectivity index (χ1v) is 7.47. The Balaban J connectivity index is 2.04. The molecule has 1 aromatic carbocycles. The van der Waals surface area contributed by atoms with Gasteiger partial charge < -0.3 is 15.3 Å². The average molecular weight is 313 g/mol. The molecule has 0 saturated carbocycles. The van der Waals surface area contributed by atoms with Crippen LogP contribution in [0.5, 0.6) is 0 Å². The highest BCUT2D eigenvalue weighted by Crippen LogP contribution is 2.24. The van der Waals surface area contributed by atoms with E-state index in [2.05, 4.69) is 30.7 Å². The Bertz CT molecular complexity index is 772. The molecule has 0 aliphatic heterocycles. The van der Waals surface area contributed by atoms with Crippen molar-refractivity contribution in [2.24, 2.45) is 0 Å². The van der Waals surface area contributed by atoms with Crippen LogP contribution in [-0.2, 0) is 0 Å². The number of benzene rings is 1. The number of aromatic nitrogens is 5. The number of aliphatic hydroxyl groups excluding tert-OH is 1. The molecule has 0 atom stereocenters. The molecule has 0 unspecified atom stereocenters. The summed E-state index contributed by atoms with van der Waals surface area (Å²) in [6.07, 6.45) is 0. The maximum absolute atomic E-state index is 9.28. The highest BCUT2D eigenvalue weighted by atomic mass is 16.3. The second-order valence-electron chi connectivity index (χ2n) is 5.38. The van der Waals surface area contributed by atoms with Gasteiger partial charge in [-0.3, -0.25) is 5.10 Å². The predicted molar refractivity (Wildman–Crippen MR) is 88.8 cm³/mol. The zero-order valence-electron chi connectivity index (χ0n) is 13.1. The van der Waals surface area contributed by atoms with Gasteiger partial charge in [0.05, 0.1) is 6.61 Å². The number of H-pyrrole nitrogens is 1. The van der Waals surface area contributed by atoms with Crippen molar-refractivity contribution in [3.63, 3.8) is 0 Å². The first kappa shape index (κ1) is 15.2. The Morgan fingerprint density at radius 1 is 1.22 bits per heavy atom. The van der Waals surface area contributed by atoms with Crippen molar-refractivity contribution in [2.75, 3.05) is 23.4 Å². The van der Waals surface area contributed by atoms with Gasteiger partial charge in [0.15, 0.2) is 5.82 Å². The molecule has 3 N–H and O–H groups in total. The molecule has 0 saturated heterocycles. The fraction of sp³-hybridized carbons (Fsp3) is 0.333. The lowest BCUT2D eigenvalue weighted by molar-refractivity contribution is 0.298. The molecule has 0 spiro atoms. The molecule has 8 heteroatoms. The largest absolute Gasteiger partial charge is 0.395 e. The standard InChI is InChI=1S/C15H19N7O/c1-10(2)22(8-9-23)15-17-13(12-14(18-15)20-21-19-12)16-11-6-4-3-5-7-11/h3-7,10,23H,8-9H2,1-2H3,(H2,16,17,18,19,20,21). The summed E-state index contributed by atoms with van der Waals surface area (Å²) in [5.74, 6) is 1.11. The van der Waals surface area contributed by atoms with E-state index < -0.39 is 0 Å². The molecule has 120 valence electrons. The number of aliphatic hydroxyl groups is 1. The molecule has 0 aliphatic rings. The molecule has 23 heavy (non-hydrogen) atoms. The van der Waals surface area contributed by atoms with Crippen molar-refractivity contribution in [1.82, 2.24) is 25.4 Å². The lowest BCUT2D eigenvalue weighted by atomic mass is 10.3. The summed E-state index contributed by atoms with van der Waals surface area (Å²) in [6, 6.07) is 9.89. The van der Waals surface area contributed by atoms with Gasteiger partial charge in [-0.1, -0.05) is 23.4 Å². The Morgan fingerprint density at radius 2 is 2.00 bits per heavy atom. The van der Waals surface area contributed by atoms with E-state index in [9.17, 15) is 5.11 Å². The summed E-state index contributed by atoms with van der Waals surface area (Å²) in [5, 5.41) is 23.2. The van der Waals surface area contributed by atoms with Crippen molar-refractivity contribution >= 4 is 28.6 Å². The first-order chi connectivity index (χ1) is 11.2.